The first-order valence-electron chi connectivity index (χ1n) is 6.43. The van der Waals surface area contributed by atoms with Crippen molar-refractivity contribution in [3.63, 3.8) is 0 Å². The van der Waals surface area contributed by atoms with Gasteiger partial charge in [0.2, 0.25) is 0 Å². The summed E-state index contributed by atoms with van der Waals surface area (Å²) in [7, 11) is 1.33. The van der Waals surface area contributed by atoms with Gasteiger partial charge in [0.25, 0.3) is 0 Å². The molecular weight excluding hydrogens is 490 g/mol. The van der Waals surface area contributed by atoms with E-state index in [0.29, 0.717) is 0 Å². The van der Waals surface area contributed by atoms with Crippen LogP contribution in [0.5, 0.6) is 0 Å². The van der Waals surface area contributed by atoms with Gasteiger partial charge in [-0.1, -0.05) is 35.4 Å². The van der Waals surface area contributed by atoms with Crippen LogP contribution >= 0.6 is 17.0 Å². The van der Waals surface area contributed by atoms with Crippen molar-refractivity contribution in [1.29, 1.82) is 0 Å². The van der Waals surface area contributed by atoms with E-state index in [4.69, 9.17) is 17.0 Å². The van der Waals surface area contributed by atoms with Crippen LogP contribution < -0.4 is 0 Å². The van der Waals surface area contributed by atoms with Gasteiger partial charge in [0, 0.05) is 0 Å². The van der Waals surface area contributed by atoms with Gasteiger partial charge in [-0.3, -0.25) is 0 Å². The van der Waals surface area contributed by atoms with Crippen molar-refractivity contribution >= 4 is 37.3 Å². The Morgan fingerprint density at radius 2 is 0.880 bits per heavy atom. The fourth-order valence-corrected chi connectivity index (χ4v) is 2.35. The standard InChI is InChI=1S/2C7H8O3S.2ClH.Zr/c2*1-6-2-4-7(5-3-6)11(8,9)10;;;/h2*2-5H,1H3,(H,8,9,10);2*1H;/q;;;;+4/p-4. The molecule has 2 aromatic rings. The molecular formula is C14H14Cl2O6S2Zr. The molecule has 0 radical (unpaired) electrons. The topological polar surface area (TPSA) is 114 Å². The molecule has 0 aliphatic heterocycles. The van der Waals surface area contributed by atoms with Crippen molar-refractivity contribution in [3.05, 3.63) is 59.7 Å². The van der Waals surface area contributed by atoms with E-state index in [1.54, 1.807) is 24.3 Å². The number of hydrogen-bond acceptors (Lipinski definition) is 6. The molecule has 2 aromatic carbocycles. The molecule has 0 aromatic heterocycles. The first-order valence-corrected chi connectivity index (χ1v) is 15.6. The Kier molecular flexibility index (Phi) is 11.3. The molecule has 11 heteroatoms. The molecule has 136 valence electrons. The van der Waals surface area contributed by atoms with Gasteiger partial charge >= 0.3 is 37.9 Å². The van der Waals surface area contributed by atoms with Crippen LogP contribution in [-0.2, 0) is 41.1 Å². The zero-order valence-corrected chi connectivity index (χ0v) is 18.7. The minimum atomic E-state index is -4.27. The van der Waals surface area contributed by atoms with Crippen LogP contribution in [0.4, 0.5) is 0 Å². The molecule has 0 N–H and O–H groups in total. The van der Waals surface area contributed by atoms with Crippen LogP contribution in [-0.4, -0.2) is 25.9 Å². The minimum absolute atomic E-state index is 0.178. The summed E-state index contributed by atoms with van der Waals surface area (Å²) < 4.78 is 62.3. The van der Waals surface area contributed by atoms with Gasteiger partial charge in [0.1, 0.15) is 20.2 Å². The van der Waals surface area contributed by atoms with E-state index in [2.05, 4.69) is 0 Å². The molecule has 0 amide bonds. The van der Waals surface area contributed by atoms with Crippen LogP contribution in [0, 0.1) is 13.8 Å². The number of halogens is 2. The quantitative estimate of drug-likeness (QED) is 0.581. The predicted molar refractivity (Wildman–Crippen MR) is 90.0 cm³/mol. The fraction of sp³-hybridized carbons (Fsp3) is 0.143. The summed E-state index contributed by atoms with van der Waals surface area (Å²) in [6, 6.07) is 11.6. The van der Waals surface area contributed by atoms with Crippen molar-refractivity contribution < 1.29 is 46.8 Å². The summed E-state index contributed by atoms with van der Waals surface area (Å²) in [5, 5.41) is 0. The molecule has 2 rings (SSSR count). The molecule has 0 saturated heterocycles. The Morgan fingerprint density at radius 3 is 1.04 bits per heavy atom. The van der Waals surface area contributed by atoms with Crippen molar-refractivity contribution in [2.45, 2.75) is 23.6 Å². The van der Waals surface area contributed by atoms with Crippen molar-refractivity contribution in [2.24, 2.45) is 0 Å². The second-order valence-corrected chi connectivity index (χ2v) is 11.1. The van der Waals surface area contributed by atoms with Gasteiger partial charge in [-0.2, -0.15) is 0 Å². The molecule has 0 unspecified atom stereocenters. The van der Waals surface area contributed by atoms with E-state index in [9.17, 15) is 25.9 Å². The summed E-state index contributed by atoms with van der Waals surface area (Å²) in [6.45, 7) is 3.64. The fourth-order valence-electron chi connectivity index (χ4n) is 1.41. The van der Waals surface area contributed by atoms with E-state index >= 15 is 0 Å². The zero-order chi connectivity index (χ0) is 19.7. The molecule has 0 fully saturated rings. The van der Waals surface area contributed by atoms with Crippen LogP contribution in [0.25, 0.3) is 0 Å². The third-order valence-corrected chi connectivity index (χ3v) is 4.32. The molecule has 0 saturated carbocycles. The summed E-state index contributed by atoms with van der Waals surface area (Å²) in [6.07, 6.45) is 0. The Bertz CT molecular complexity index is 778. The van der Waals surface area contributed by atoms with E-state index < -0.39 is 41.1 Å². The summed E-state index contributed by atoms with van der Waals surface area (Å²) in [4.78, 5) is -0.355. The third kappa shape index (κ3) is 11.1. The first kappa shape index (κ1) is 24.7. The van der Waals surface area contributed by atoms with Crippen LogP contribution in [0.3, 0.4) is 0 Å². The first-order chi connectivity index (χ1) is 11.4. The van der Waals surface area contributed by atoms with Gasteiger partial charge in [-0.15, -0.1) is 0 Å². The van der Waals surface area contributed by atoms with Crippen molar-refractivity contribution in [2.75, 3.05) is 0 Å². The number of benzene rings is 2. The normalized spacial score (nSPS) is 10.5. The van der Waals surface area contributed by atoms with Gasteiger partial charge in [0.15, 0.2) is 0 Å². The molecule has 0 spiro atoms. The van der Waals surface area contributed by atoms with Crippen molar-refractivity contribution in [1.82, 2.24) is 0 Å². The van der Waals surface area contributed by atoms with E-state index in [1.807, 2.05) is 13.8 Å². The predicted octanol–water partition coefficient (Wildman–Crippen LogP) is 3.17. The second-order valence-electron chi connectivity index (χ2n) is 4.61. The molecule has 0 bridgehead atoms. The Labute approximate surface area is 166 Å². The maximum absolute atomic E-state index is 10.4. The van der Waals surface area contributed by atoms with Gasteiger partial charge in [-0.05, 0) is 38.1 Å². The summed E-state index contributed by atoms with van der Waals surface area (Å²) in [5.41, 5.74) is 1.86. The number of aryl methyl sites for hydroxylation is 2. The average Bonchev–Trinajstić information content (AvgIpc) is 2.47. The number of hydrogen-bond donors (Lipinski definition) is 0. The van der Waals surface area contributed by atoms with Crippen LogP contribution in [0.1, 0.15) is 11.1 Å². The average molecular weight is 505 g/mol. The van der Waals surface area contributed by atoms with Crippen molar-refractivity contribution in [3.8, 4) is 0 Å². The monoisotopic (exact) mass is 502 g/mol. The Morgan fingerprint density at radius 1 is 0.680 bits per heavy atom. The van der Waals surface area contributed by atoms with E-state index in [0.717, 1.165) is 11.1 Å². The zero-order valence-electron chi connectivity index (χ0n) is 13.1. The molecule has 6 nitrogen and oxygen atoms in total. The molecule has 0 aliphatic rings. The second kappa shape index (κ2) is 11.4. The number of rotatable bonds is 2. The molecule has 25 heavy (non-hydrogen) atoms. The summed E-state index contributed by atoms with van der Waals surface area (Å²) in [5.74, 6) is 0. The SMILES string of the molecule is Cc1ccc(S(=O)(=O)[O-])cc1.Cc1ccc(S(=O)(=O)[O-])cc1.[Cl][Zr+2][Cl]. The van der Waals surface area contributed by atoms with Gasteiger partial charge < -0.3 is 9.11 Å². The Balaban J connectivity index is 0.000000399. The van der Waals surface area contributed by atoms with Crippen LogP contribution in [0.2, 0.25) is 0 Å². The maximum atomic E-state index is 10.4. The molecule has 0 aliphatic carbocycles. The van der Waals surface area contributed by atoms with E-state index in [-0.39, 0.29) is 9.79 Å². The summed E-state index contributed by atoms with van der Waals surface area (Å²) >= 11 is -0.826. The third-order valence-electron chi connectivity index (χ3n) is 2.62. The Hall–Kier alpha value is -0.277. The van der Waals surface area contributed by atoms with Crippen LogP contribution in [0.15, 0.2) is 58.3 Å². The van der Waals surface area contributed by atoms with Gasteiger partial charge in [-0.25, -0.2) is 16.8 Å². The van der Waals surface area contributed by atoms with E-state index in [1.165, 1.54) is 24.3 Å². The molecule has 0 heterocycles. The van der Waals surface area contributed by atoms with Gasteiger partial charge in [0.05, 0.1) is 9.79 Å². The molecule has 0 atom stereocenters.